The van der Waals surface area contributed by atoms with Crippen molar-refractivity contribution in [2.24, 2.45) is 5.73 Å². The van der Waals surface area contributed by atoms with Crippen molar-refractivity contribution in [1.82, 2.24) is 4.98 Å². The number of nitrogens with two attached hydrogens (primary N) is 1. The molecule has 0 spiro atoms. The monoisotopic (exact) mass is 267 g/mol. The van der Waals surface area contributed by atoms with Gasteiger partial charge in [0.2, 0.25) is 0 Å². The fourth-order valence-corrected chi connectivity index (χ4v) is 1.57. The van der Waals surface area contributed by atoms with E-state index >= 15 is 0 Å². The average molecular weight is 267 g/mol. The number of pyridine rings is 1. The van der Waals surface area contributed by atoms with Crippen molar-refractivity contribution in [3.05, 3.63) is 23.4 Å². The lowest BCUT2D eigenvalue weighted by atomic mass is 10.2. The van der Waals surface area contributed by atoms with Gasteiger partial charge in [0.05, 0.1) is 23.4 Å². The fraction of sp³-hybridized carbons (Fsp3) is 0.417. The maximum Gasteiger partial charge on any atom is 0.339 e. The maximum absolute atomic E-state index is 11.4. The summed E-state index contributed by atoms with van der Waals surface area (Å²) in [6.45, 7) is 2.47. The molecule has 1 rings (SSSR count). The molecule has 0 atom stereocenters. The van der Waals surface area contributed by atoms with Crippen molar-refractivity contribution in [2.75, 3.05) is 25.6 Å². The number of esters is 1. The summed E-state index contributed by atoms with van der Waals surface area (Å²) in [6.07, 6.45) is 0.630. The molecule has 0 aliphatic rings. The molecule has 0 aliphatic carbocycles. The van der Waals surface area contributed by atoms with E-state index in [9.17, 15) is 4.79 Å². The van der Waals surface area contributed by atoms with Crippen molar-refractivity contribution >= 4 is 29.0 Å². The van der Waals surface area contributed by atoms with E-state index in [1.54, 1.807) is 19.1 Å². The van der Waals surface area contributed by atoms with Gasteiger partial charge in [-0.25, -0.2) is 9.78 Å². The molecule has 0 unspecified atom stereocenters. The van der Waals surface area contributed by atoms with Crippen LogP contribution < -0.4 is 10.6 Å². The van der Waals surface area contributed by atoms with Crippen molar-refractivity contribution < 1.29 is 9.53 Å². The molecule has 0 saturated carbocycles. The molecule has 0 aromatic carbocycles. The number of carbonyl (C=O) groups excluding carboxylic acids is 1. The van der Waals surface area contributed by atoms with E-state index in [1.807, 2.05) is 11.9 Å². The first-order valence-corrected chi connectivity index (χ1v) is 5.92. The predicted octanol–water partition coefficient (Wildman–Crippen LogP) is 1.29. The highest BCUT2D eigenvalue weighted by Crippen LogP contribution is 2.14. The number of rotatable bonds is 5. The van der Waals surface area contributed by atoms with Crippen LogP contribution in [0.2, 0.25) is 0 Å². The average Bonchev–Trinajstić information content (AvgIpc) is 2.34. The summed E-state index contributed by atoms with van der Waals surface area (Å²) in [5.74, 6) is 0.397. The molecule has 0 saturated heterocycles. The summed E-state index contributed by atoms with van der Waals surface area (Å²) >= 11 is 4.83. The molecule has 0 fully saturated rings. The van der Waals surface area contributed by atoms with Gasteiger partial charge in [0.15, 0.2) is 0 Å². The zero-order valence-electron chi connectivity index (χ0n) is 10.8. The van der Waals surface area contributed by atoms with E-state index in [0.29, 0.717) is 29.2 Å². The van der Waals surface area contributed by atoms with E-state index < -0.39 is 0 Å². The van der Waals surface area contributed by atoms with Gasteiger partial charge in [-0.05, 0) is 19.1 Å². The molecule has 5 nitrogen and oxygen atoms in total. The first-order valence-electron chi connectivity index (χ1n) is 5.51. The van der Waals surface area contributed by atoms with Gasteiger partial charge in [-0.1, -0.05) is 12.2 Å². The number of hydrogen-bond donors (Lipinski definition) is 1. The molecule has 2 N–H and O–H groups in total. The minimum absolute atomic E-state index is 0.377. The Hall–Kier alpha value is -1.69. The Bertz CT molecular complexity index is 463. The number of aryl methyl sites for hydroxylation is 1. The first kappa shape index (κ1) is 14.4. The lowest BCUT2D eigenvalue weighted by Gasteiger charge is -2.18. The number of anilines is 1. The third-order valence-corrected chi connectivity index (χ3v) is 2.77. The number of hydrogen-bond acceptors (Lipinski definition) is 5. The van der Waals surface area contributed by atoms with Crippen molar-refractivity contribution in [2.45, 2.75) is 13.3 Å². The fourth-order valence-electron chi connectivity index (χ4n) is 1.48. The molecular formula is C12H17N3O2S. The molecule has 18 heavy (non-hydrogen) atoms. The number of aromatic nitrogens is 1. The number of methoxy groups -OCH3 is 1. The van der Waals surface area contributed by atoms with E-state index in [1.165, 1.54) is 7.11 Å². The van der Waals surface area contributed by atoms with Gasteiger partial charge in [0.1, 0.15) is 5.82 Å². The topological polar surface area (TPSA) is 68.5 Å². The van der Waals surface area contributed by atoms with E-state index in [2.05, 4.69) is 9.72 Å². The van der Waals surface area contributed by atoms with Crippen LogP contribution in [0.25, 0.3) is 0 Å². The number of nitrogens with zero attached hydrogens (tertiary/aromatic N) is 2. The van der Waals surface area contributed by atoms with Gasteiger partial charge in [-0.3, -0.25) is 0 Å². The molecule has 6 heteroatoms. The Kier molecular flexibility index (Phi) is 5.03. The third kappa shape index (κ3) is 3.66. The zero-order chi connectivity index (χ0) is 13.7. The van der Waals surface area contributed by atoms with Crippen LogP contribution in [0.1, 0.15) is 22.5 Å². The highest BCUT2D eigenvalue weighted by atomic mass is 32.1. The Labute approximate surface area is 112 Å². The molecule has 0 radical (unpaired) electrons. The second-order valence-electron chi connectivity index (χ2n) is 3.93. The highest BCUT2D eigenvalue weighted by molar-refractivity contribution is 7.80. The summed E-state index contributed by atoms with van der Waals surface area (Å²) in [7, 11) is 3.25. The standard InChI is InChI=1S/C12H17N3O2S/c1-8-9(12(16)17-3)4-5-11(14-8)15(2)7-6-10(13)18/h4-5H,6-7H2,1-3H3,(H2,13,18). The van der Waals surface area contributed by atoms with Crippen LogP contribution >= 0.6 is 12.2 Å². The number of carbonyl (C=O) groups is 1. The van der Waals surface area contributed by atoms with Gasteiger partial charge >= 0.3 is 5.97 Å². The first-order chi connectivity index (χ1) is 8.45. The second-order valence-corrected chi connectivity index (χ2v) is 4.46. The molecular weight excluding hydrogens is 250 g/mol. The molecule has 0 amide bonds. The van der Waals surface area contributed by atoms with Gasteiger partial charge in [0.25, 0.3) is 0 Å². The minimum Gasteiger partial charge on any atom is -0.465 e. The lowest BCUT2D eigenvalue weighted by molar-refractivity contribution is 0.0599. The van der Waals surface area contributed by atoms with E-state index in [-0.39, 0.29) is 5.97 Å². The minimum atomic E-state index is -0.377. The number of thiocarbonyl (C=S) groups is 1. The van der Waals surface area contributed by atoms with Gasteiger partial charge in [-0.2, -0.15) is 0 Å². The number of ether oxygens (including phenoxy) is 1. The molecule has 1 aromatic heterocycles. The Morgan fingerprint density at radius 2 is 2.22 bits per heavy atom. The quantitative estimate of drug-likeness (QED) is 0.640. The van der Waals surface area contributed by atoms with Crippen LogP contribution in [0.15, 0.2) is 12.1 Å². The zero-order valence-corrected chi connectivity index (χ0v) is 11.6. The Morgan fingerprint density at radius 3 is 2.72 bits per heavy atom. The van der Waals surface area contributed by atoms with Crippen molar-refractivity contribution in [1.29, 1.82) is 0 Å². The van der Waals surface area contributed by atoms with Crippen LogP contribution in [-0.2, 0) is 4.74 Å². The lowest BCUT2D eigenvalue weighted by Crippen LogP contribution is -2.24. The van der Waals surface area contributed by atoms with Crippen molar-refractivity contribution in [3.63, 3.8) is 0 Å². The van der Waals surface area contributed by atoms with E-state index in [0.717, 1.165) is 5.82 Å². The highest BCUT2D eigenvalue weighted by Gasteiger charge is 2.12. The summed E-state index contributed by atoms with van der Waals surface area (Å²) in [6, 6.07) is 3.49. The molecule has 1 heterocycles. The van der Waals surface area contributed by atoms with Crippen LogP contribution in [-0.4, -0.2) is 36.6 Å². The largest absolute Gasteiger partial charge is 0.465 e. The molecule has 0 aliphatic heterocycles. The summed E-state index contributed by atoms with van der Waals surface area (Å²) < 4.78 is 4.67. The Morgan fingerprint density at radius 1 is 1.56 bits per heavy atom. The summed E-state index contributed by atoms with van der Waals surface area (Å²) in [5.41, 5.74) is 6.57. The van der Waals surface area contributed by atoms with Crippen LogP contribution in [0.5, 0.6) is 0 Å². The second kappa shape index (κ2) is 6.30. The summed E-state index contributed by atoms with van der Waals surface area (Å²) in [4.78, 5) is 18.2. The molecule has 98 valence electrons. The van der Waals surface area contributed by atoms with Gasteiger partial charge in [0, 0.05) is 20.0 Å². The van der Waals surface area contributed by atoms with Gasteiger partial charge < -0.3 is 15.4 Å². The maximum atomic E-state index is 11.4. The normalized spacial score (nSPS) is 9.94. The van der Waals surface area contributed by atoms with Crippen LogP contribution in [0.4, 0.5) is 5.82 Å². The van der Waals surface area contributed by atoms with E-state index in [4.69, 9.17) is 18.0 Å². The van der Waals surface area contributed by atoms with Gasteiger partial charge in [-0.15, -0.1) is 0 Å². The van der Waals surface area contributed by atoms with Crippen LogP contribution in [0.3, 0.4) is 0 Å². The smallest absolute Gasteiger partial charge is 0.339 e. The summed E-state index contributed by atoms with van der Waals surface area (Å²) in [5, 5.41) is 0. The molecule has 0 bridgehead atoms. The van der Waals surface area contributed by atoms with Crippen molar-refractivity contribution in [3.8, 4) is 0 Å². The third-order valence-electron chi connectivity index (χ3n) is 2.56. The molecule has 1 aromatic rings. The SMILES string of the molecule is COC(=O)c1ccc(N(C)CCC(N)=S)nc1C. The Balaban J connectivity index is 2.83. The van der Waals surface area contributed by atoms with Crippen LogP contribution in [0, 0.1) is 6.92 Å². The predicted molar refractivity (Wildman–Crippen MR) is 75.0 cm³/mol.